The van der Waals surface area contributed by atoms with Crippen LogP contribution in [0.15, 0.2) is 37.1 Å². The van der Waals surface area contributed by atoms with Crippen molar-refractivity contribution >= 4 is 17.2 Å². The number of ether oxygens (including phenoxy) is 2. The molecule has 9 nitrogen and oxygen atoms in total. The van der Waals surface area contributed by atoms with Gasteiger partial charge in [0.2, 0.25) is 17.6 Å². The number of hydrogen-bond acceptors (Lipinski definition) is 7. The van der Waals surface area contributed by atoms with Crippen LogP contribution in [0.2, 0.25) is 0 Å². The molecule has 0 unspecified atom stereocenters. The molecule has 4 heterocycles. The molecule has 1 N–H and O–H groups in total. The monoisotopic (exact) mass is 429 g/mol. The largest absolute Gasteiger partial charge is 0.479 e. The van der Waals surface area contributed by atoms with E-state index in [1.54, 1.807) is 24.0 Å². The molecule has 0 amide bonds. The molecule has 1 fully saturated rings. The molecule has 0 aromatic carbocycles. The number of halogens is 2. The number of imidazole rings is 1. The van der Waals surface area contributed by atoms with Gasteiger partial charge in [-0.15, -0.1) is 5.10 Å². The zero-order valence-electron chi connectivity index (χ0n) is 16.8. The quantitative estimate of drug-likeness (QED) is 0.502. The van der Waals surface area contributed by atoms with Crippen molar-refractivity contribution in [2.45, 2.75) is 44.4 Å². The predicted molar refractivity (Wildman–Crippen MR) is 108 cm³/mol. The highest BCUT2D eigenvalue weighted by Gasteiger charge is 2.25. The van der Waals surface area contributed by atoms with Gasteiger partial charge in [-0.2, -0.15) is 13.8 Å². The third kappa shape index (κ3) is 3.88. The van der Waals surface area contributed by atoms with Crippen molar-refractivity contribution in [3.8, 4) is 17.0 Å². The highest BCUT2D eigenvalue weighted by atomic mass is 19.3. The molecule has 0 atom stereocenters. The van der Waals surface area contributed by atoms with Crippen molar-refractivity contribution in [1.82, 2.24) is 29.0 Å². The average Bonchev–Trinajstić information content (AvgIpc) is 3.40. The van der Waals surface area contributed by atoms with Gasteiger partial charge in [-0.1, -0.05) is 0 Å². The molecule has 5 rings (SSSR count). The van der Waals surface area contributed by atoms with Gasteiger partial charge in [0.15, 0.2) is 0 Å². The van der Waals surface area contributed by atoms with E-state index < -0.39 is 12.7 Å². The summed E-state index contributed by atoms with van der Waals surface area (Å²) in [7, 11) is 1.56. The third-order valence-electron chi connectivity index (χ3n) is 5.53. The van der Waals surface area contributed by atoms with E-state index in [-0.39, 0.29) is 6.04 Å². The summed E-state index contributed by atoms with van der Waals surface area (Å²) in [6.07, 6.45) is 11.2. The standard InChI is InChI=1S/C20H21F2N7O2/c1-30-17-16-15(12-10-24-20-23-7-9-28(20)11-12)6-8-29(16)27-19(26-17)25-13-2-4-14(5-3-13)31-18(21)22/h6-11,13-14,18H,2-5H2,1H3,(H,25,27). The Bertz CT molecular complexity index is 1200. The van der Waals surface area contributed by atoms with E-state index in [0.29, 0.717) is 43.3 Å². The molecule has 1 saturated carbocycles. The van der Waals surface area contributed by atoms with Crippen LogP contribution in [0.25, 0.3) is 22.4 Å². The van der Waals surface area contributed by atoms with Crippen molar-refractivity contribution in [2.75, 3.05) is 12.4 Å². The van der Waals surface area contributed by atoms with Crippen LogP contribution in [-0.2, 0) is 4.74 Å². The number of rotatable bonds is 6. The zero-order valence-corrected chi connectivity index (χ0v) is 16.8. The minimum Gasteiger partial charge on any atom is -0.479 e. The number of methoxy groups -OCH3 is 1. The molecule has 31 heavy (non-hydrogen) atoms. The molecular formula is C20H21F2N7O2. The Kier molecular flexibility index (Phi) is 5.10. The third-order valence-corrected chi connectivity index (χ3v) is 5.53. The topological polar surface area (TPSA) is 90.9 Å². The van der Waals surface area contributed by atoms with Gasteiger partial charge in [-0.3, -0.25) is 4.40 Å². The first-order valence-electron chi connectivity index (χ1n) is 10.0. The maximum Gasteiger partial charge on any atom is 0.345 e. The van der Waals surface area contributed by atoms with Gasteiger partial charge in [-0.05, 0) is 31.7 Å². The summed E-state index contributed by atoms with van der Waals surface area (Å²) in [4.78, 5) is 13.1. The van der Waals surface area contributed by atoms with Gasteiger partial charge in [0.1, 0.15) is 5.52 Å². The van der Waals surface area contributed by atoms with Crippen molar-refractivity contribution in [3.05, 3.63) is 37.1 Å². The number of hydrogen-bond donors (Lipinski definition) is 1. The lowest BCUT2D eigenvalue weighted by atomic mass is 9.93. The molecule has 0 bridgehead atoms. The van der Waals surface area contributed by atoms with Crippen LogP contribution in [0.1, 0.15) is 25.7 Å². The van der Waals surface area contributed by atoms with Crippen LogP contribution in [0, 0.1) is 0 Å². The van der Waals surface area contributed by atoms with Crippen LogP contribution < -0.4 is 10.1 Å². The van der Waals surface area contributed by atoms with Gasteiger partial charge in [0.05, 0.1) is 13.2 Å². The lowest BCUT2D eigenvalue weighted by molar-refractivity contribution is -0.169. The van der Waals surface area contributed by atoms with Gasteiger partial charge in [-0.25, -0.2) is 14.5 Å². The summed E-state index contributed by atoms with van der Waals surface area (Å²) in [5.74, 6) is 1.47. The zero-order chi connectivity index (χ0) is 21.4. The van der Waals surface area contributed by atoms with Crippen molar-refractivity contribution in [2.24, 2.45) is 0 Å². The normalized spacial score (nSPS) is 19.4. The van der Waals surface area contributed by atoms with Gasteiger partial charge < -0.3 is 14.8 Å². The second kappa shape index (κ2) is 8.06. The molecule has 0 aliphatic heterocycles. The van der Waals surface area contributed by atoms with Gasteiger partial charge in [0, 0.05) is 48.2 Å². The van der Waals surface area contributed by atoms with E-state index in [2.05, 4.69) is 30.1 Å². The number of nitrogens with one attached hydrogen (secondary N) is 1. The summed E-state index contributed by atoms with van der Waals surface area (Å²) in [5, 5.41) is 7.87. The number of aromatic nitrogens is 6. The molecule has 1 aliphatic rings. The van der Waals surface area contributed by atoms with E-state index in [9.17, 15) is 8.78 Å². The van der Waals surface area contributed by atoms with E-state index in [1.165, 1.54) is 0 Å². The van der Waals surface area contributed by atoms with Crippen LogP contribution in [0.5, 0.6) is 5.88 Å². The Morgan fingerprint density at radius 3 is 2.77 bits per heavy atom. The van der Waals surface area contributed by atoms with Crippen LogP contribution in [-0.4, -0.2) is 54.8 Å². The molecule has 0 radical (unpaired) electrons. The Hall–Kier alpha value is -3.34. The highest BCUT2D eigenvalue weighted by molar-refractivity contribution is 5.84. The first kappa shape index (κ1) is 19.6. The smallest absolute Gasteiger partial charge is 0.345 e. The molecular weight excluding hydrogens is 408 g/mol. The minimum atomic E-state index is -2.72. The summed E-state index contributed by atoms with van der Waals surface area (Å²) in [6.45, 7) is -2.72. The molecule has 4 aromatic rings. The fourth-order valence-corrected chi connectivity index (χ4v) is 4.06. The van der Waals surface area contributed by atoms with E-state index in [0.717, 1.165) is 16.6 Å². The van der Waals surface area contributed by atoms with E-state index >= 15 is 0 Å². The Morgan fingerprint density at radius 2 is 2.00 bits per heavy atom. The maximum absolute atomic E-state index is 12.4. The van der Waals surface area contributed by atoms with Crippen LogP contribution in [0.4, 0.5) is 14.7 Å². The summed E-state index contributed by atoms with van der Waals surface area (Å²) >= 11 is 0. The SMILES string of the molecule is COc1nc(NC2CCC(OC(F)F)CC2)nn2ccc(-c3cnc4nccn4c3)c12. The number of fused-ring (bicyclic) bond motifs is 2. The summed E-state index contributed by atoms with van der Waals surface area (Å²) < 4.78 is 38.5. The van der Waals surface area contributed by atoms with Crippen LogP contribution >= 0.6 is 0 Å². The second-order valence-electron chi connectivity index (χ2n) is 7.46. The average molecular weight is 429 g/mol. The lowest BCUT2D eigenvalue weighted by Gasteiger charge is -2.28. The molecule has 162 valence electrons. The Morgan fingerprint density at radius 1 is 1.16 bits per heavy atom. The van der Waals surface area contributed by atoms with Gasteiger partial charge >= 0.3 is 6.61 Å². The van der Waals surface area contributed by atoms with Crippen LogP contribution in [0.3, 0.4) is 0 Å². The summed E-state index contributed by atoms with van der Waals surface area (Å²) in [6, 6.07) is 2.02. The molecule has 0 saturated heterocycles. The Balaban J connectivity index is 1.39. The summed E-state index contributed by atoms with van der Waals surface area (Å²) in [5.41, 5.74) is 2.49. The van der Waals surface area contributed by atoms with E-state index in [4.69, 9.17) is 4.74 Å². The van der Waals surface area contributed by atoms with E-state index in [1.807, 2.05) is 29.1 Å². The van der Waals surface area contributed by atoms with Crippen molar-refractivity contribution in [1.29, 1.82) is 0 Å². The van der Waals surface area contributed by atoms with Gasteiger partial charge in [0.25, 0.3) is 0 Å². The Labute approximate surface area is 176 Å². The molecule has 1 aliphatic carbocycles. The first-order chi connectivity index (χ1) is 15.1. The number of alkyl halides is 2. The van der Waals surface area contributed by atoms with Crippen molar-refractivity contribution in [3.63, 3.8) is 0 Å². The fourth-order valence-electron chi connectivity index (χ4n) is 4.06. The first-order valence-corrected chi connectivity index (χ1v) is 10.0. The second-order valence-corrected chi connectivity index (χ2v) is 7.46. The molecule has 4 aromatic heterocycles. The highest BCUT2D eigenvalue weighted by Crippen LogP contribution is 2.32. The fraction of sp³-hybridized carbons (Fsp3) is 0.400. The predicted octanol–water partition coefficient (Wildman–Crippen LogP) is 3.41. The molecule has 0 spiro atoms. The molecule has 11 heteroatoms. The number of anilines is 1. The minimum absolute atomic E-state index is 0.0857. The maximum atomic E-state index is 12.4. The number of nitrogens with zero attached hydrogens (tertiary/aromatic N) is 6. The van der Waals surface area contributed by atoms with Crippen molar-refractivity contribution < 1.29 is 18.3 Å². The lowest BCUT2D eigenvalue weighted by Crippen LogP contribution is -2.31.